The van der Waals surface area contributed by atoms with Crippen LogP contribution in [0.1, 0.15) is 21.7 Å². The molecule has 0 spiro atoms. The highest BCUT2D eigenvalue weighted by Crippen LogP contribution is 2.33. The minimum absolute atomic E-state index is 0.268. The predicted octanol–water partition coefficient (Wildman–Crippen LogP) is 2.41. The van der Waals surface area contributed by atoms with Gasteiger partial charge in [0.25, 0.3) is 0 Å². The van der Waals surface area contributed by atoms with Crippen molar-refractivity contribution in [3.8, 4) is 0 Å². The number of aromatic carboxylic acids is 1. The van der Waals surface area contributed by atoms with Gasteiger partial charge in [-0.15, -0.1) is 0 Å². The molecule has 0 bridgehead atoms. The van der Waals surface area contributed by atoms with Crippen LogP contribution in [0.25, 0.3) is 5.65 Å². The molecule has 0 atom stereocenters. The van der Waals surface area contributed by atoms with E-state index >= 15 is 0 Å². The van der Waals surface area contributed by atoms with Gasteiger partial charge in [-0.3, -0.25) is 0 Å². The molecule has 0 radical (unpaired) electrons. The number of halogens is 4. The topological polar surface area (TPSA) is 67.5 Å². The van der Waals surface area contributed by atoms with Crippen LogP contribution in [0.3, 0.4) is 0 Å². The summed E-state index contributed by atoms with van der Waals surface area (Å²) in [6, 6.07) is 0.920. The Morgan fingerprint density at radius 1 is 1.50 bits per heavy atom. The van der Waals surface area contributed by atoms with E-state index in [9.17, 15) is 18.0 Å². The predicted molar refractivity (Wildman–Crippen MR) is 54.7 cm³/mol. The number of carboxylic acids is 1. The molecule has 0 saturated heterocycles. The van der Waals surface area contributed by atoms with E-state index in [4.69, 9.17) is 16.7 Å². The number of carboxylic acid groups (broad SMARTS) is 1. The summed E-state index contributed by atoms with van der Waals surface area (Å²) in [6.45, 7) is 1.14. The van der Waals surface area contributed by atoms with E-state index in [-0.39, 0.29) is 16.4 Å². The summed E-state index contributed by atoms with van der Waals surface area (Å²) in [5.41, 5.74) is -2.16. The third-order valence-corrected chi connectivity index (χ3v) is 2.70. The molecule has 96 valence electrons. The van der Waals surface area contributed by atoms with Crippen LogP contribution in [-0.2, 0) is 6.18 Å². The molecule has 0 aromatic carbocycles. The lowest BCUT2D eigenvalue weighted by molar-refractivity contribution is -0.141. The van der Waals surface area contributed by atoms with Crippen LogP contribution in [0, 0.1) is 6.92 Å². The van der Waals surface area contributed by atoms with Crippen LogP contribution < -0.4 is 0 Å². The molecule has 5 nitrogen and oxygen atoms in total. The smallest absolute Gasteiger partial charge is 0.433 e. The molecule has 2 rings (SSSR count). The average molecular weight is 280 g/mol. The van der Waals surface area contributed by atoms with Gasteiger partial charge in [0.2, 0.25) is 0 Å². The first kappa shape index (κ1) is 12.6. The molecular weight excluding hydrogens is 275 g/mol. The fourth-order valence-electron chi connectivity index (χ4n) is 1.43. The Morgan fingerprint density at radius 3 is 2.61 bits per heavy atom. The van der Waals surface area contributed by atoms with Crippen molar-refractivity contribution in [1.82, 2.24) is 14.6 Å². The Balaban J connectivity index is 2.80. The molecule has 0 fully saturated rings. The number of nitrogens with zero attached hydrogens (tertiary/aromatic N) is 3. The van der Waals surface area contributed by atoms with Crippen molar-refractivity contribution in [3.05, 3.63) is 28.2 Å². The molecule has 0 saturated carbocycles. The summed E-state index contributed by atoms with van der Waals surface area (Å²) >= 11 is 5.72. The van der Waals surface area contributed by atoms with Crippen molar-refractivity contribution in [2.45, 2.75) is 13.1 Å². The second-order valence-electron chi connectivity index (χ2n) is 3.48. The molecule has 2 aromatic heterocycles. The molecule has 2 heterocycles. The minimum atomic E-state index is -4.66. The van der Waals surface area contributed by atoms with Gasteiger partial charge in [-0.1, -0.05) is 11.6 Å². The Labute approximate surface area is 103 Å². The van der Waals surface area contributed by atoms with Gasteiger partial charge in [-0.05, 0) is 6.92 Å². The third-order valence-electron chi connectivity index (χ3n) is 2.26. The lowest BCUT2D eigenvalue weighted by Crippen LogP contribution is -2.13. The molecule has 0 unspecified atom stereocenters. The first-order valence-electron chi connectivity index (χ1n) is 4.58. The summed E-state index contributed by atoms with van der Waals surface area (Å²) in [5.74, 6) is -1.37. The number of aromatic nitrogens is 3. The molecule has 18 heavy (non-hydrogen) atoms. The standard InChI is InChI=1S/C9H5ClF3N3O2/c1-3-6(9(11,12)13)14-5-2-4(8(17)18)15-16(5)7(3)10/h2H,1H3,(H,17,18). The zero-order valence-electron chi connectivity index (χ0n) is 8.79. The Morgan fingerprint density at radius 2 is 2.11 bits per heavy atom. The maximum absolute atomic E-state index is 12.7. The Hall–Kier alpha value is -1.83. The van der Waals surface area contributed by atoms with Crippen LogP contribution in [0.2, 0.25) is 5.15 Å². The monoisotopic (exact) mass is 279 g/mol. The van der Waals surface area contributed by atoms with Gasteiger partial charge in [0.1, 0.15) is 5.15 Å². The van der Waals surface area contributed by atoms with Crippen LogP contribution in [0.4, 0.5) is 13.2 Å². The first-order chi connectivity index (χ1) is 8.21. The quantitative estimate of drug-likeness (QED) is 0.814. The molecule has 0 amide bonds. The van der Waals surface area contributed by atoms with E-state index < -0.39 is 23.5 Å². The van der Waals surface area contributed by atoms with Crippen molar-refractivity contribution in [2.24, 2.45) is 0 Å². The minimum Gasteiger partial charge on any atom is -0.476 e. The number of alkyl halides is 3. The number of carbonyl (C=O) groups is 1. The van der Waals surface area contributed by atoms with Gasteiger partial charge >= 0.3 is 12.1 Å². The SMILES string of the molecule is Cc1c(C(F)(F)F)nc2cc(C(=O)O)nn2c1Cl. The Kier molecular flexibility index (Phi) is 2.69. The van der Waals surface area contributed by atoms with E-state index in [2.05, 4.69) is 10.1 Å². The van der Waals surface area contributed by atoms with Gasteiger partial charge in [-0.25, -0.2) is 14.3 Å². The third kappa shape index (κ3) is 1.88. The van der Waals surface area contributed by atoms with Crippen molar-refractivity contribution >= 4 is 23.2 Å². The number of hydrogen-bond donors (Lipinski definition) is 1. The van der Waals surface area contributed by atoms with Gasteiger partial charge < -0.3 is 5.11 Å². The zero-order chi connectivity index (χ0) is 13.7. The van der Waals surface area contributed by atoms with E-state index in [1.807, 2.05) is 0 Å². The van der Waals surface area contributed by atoms with Crippen molar-refractivity contribution in [3.63, 3.8) is 0 Å². The first-order valence-corrected chi connectivity index (χ1v) is 4.96. The average Bonchev–Trinajstić information content (AvgIpc) is 2.65. The number of fused-ring (bicyclic) bond motifs is 1. The lowest BCUT2D eigenvalue weighted by Gasteiger charge is -2.10. The van der Waals surface area contributed by atoms with Gasteiger partial charge in [0.15, 0.2) is 17.0 Å². The van der Waals surface area contributed by atoms with E-state index in [0.717, 1.165) is 17.5 Å². The number of rotatable bonds is 1. The fraction of sp³-hybridized carbons (Fsp3) is 0.222. The maximum atomic E-state index is 12.7. The molecule has 0 aliphatic heterocycles. The second-order valence-corrected chi connectivity index (χ2v) is 3.84. The highest BCUT2D eigenvalue weighted by atomic mass is 35.5. The van der Waals surface area contributed by atoms with Gasteiger partial charge in [0.05, 0.1) is 0 Å². The Bertz CT molecular complexity index is 651. The molecule has 9 heteroatoms. The second kappa shape index (κ2) is 3.84. The summed E-state index contributed by atoms with van der Waals surface area (Å²) in [7, 11) is 0. The van der Waals surface area contributed by atoms with Crippen molar-refractivity contribution < 1.29 is 23.1 Å². The van der Waals surface area contributed by atoms with E-state index in [1.54, 1.807) is 0 Å². The summed E-state index contributed by atoms with van der Waals surface area (Å²) in [6.07, 6.45) is -4.66. The maximum Gasteiger partial charge on any atom is 0.433 e. The molecule has 0 aliphatic rings. The zero-order valence-corrected chi connectivity index (χ0v) is 9.54. The highest BCUT2D eigenvalue weighted by molar-refractivity contribution is 6.30. The van der Waals surface area contributed by atoms with Crippen LogP contribution in [0.5, 0.6) is 0 Å². The molecule has 0 aliphatic carbocycles. The summed E-state index contributed by atoms with van der Waals surface area (Å²) < 4.78 is 38.8. The van der Waals surface area contributed by atoms with Crippen molar-refractivity contribution in [1.29, 1.82) is 0 Å². The van der Waals surface area contributed by atoms with E-state index in [0.29, 0.717) is 0 Å². The van der Waals surface area contributed by atoms with Crippen molar-refractivity contribution in [2.75, 3.05) is 0 Å². The highest BCUT2D eigenvalue weighted by Gasteiger charge is 2.36. The van der Waals surface area contributed by atoms with Crippen LogP contribution in [0.15, 0.2) is 6.07 Å². The van der Waals surface area contributed by atoms with Crippen LogP contribution >= 0.6 is 11.6 Å². The van der Waals surface area contributed by atoms with Gasteiger partial charge in [-0.2, -0.15) is 18.3 Å². The lowest BCUT2D eigenvalue weighted by atomic mass is 10.2. The summed E-state index contributed by atoms with van der Waals surface area (Å²) in [5, 5.41) is 11.9. The molecule has 2 aromatic rings. The normalized spacial score (nSPS) is 12.1. The molecular formula is C9H5ClF3N3O2. The fourth-order valence-corrected chi connectivity index (χ4v) is 1.64. The molecule has 1 N–H and O–H groups in total. The van der Waals surface area contributed by atoms with Gasteiger partial charge in [0, 0.05) is 11.6 Å². The summed E-state index contributed by atoms with van der Waals surface area (Å²) in [4.78, 5) is 14.0. The number of hydrogen-bond acceptors (Lipinski definition) is 3. The van der Waals surface area contributed by atoms with E-state index in [1.165, 1.54) is 0 Å². The largest absolute Gasteiger partial charge is 0.476 e. The van der Waals surface area contributed by atoms with Crippen LogP contribution in [-0.4, -0.2) is 25.7 Å².